The molecule has 0 saturated carbocycles. The zero-order valence-corrected chi connectivity index (χ0v) is 5.46. The van der Waals surface area contributed by atoms with Gasteiger partial charge >= 0.3 is 0 Å². The van der Waals surface area contributed by atoms with Gasteiger partial charge in [-0.2, -0.15) is 5.10 Å². The summed E-state index contributed by atoms with van der Waals surface area (Å²) in [5, 5.41) is 7.25. The van der Waals surface area contributed by atoms with Crippen LogP contribution in [0, 0.1) is 6.20 Å². The predicted molar refractivity (Wildman–Crippen MR) is 34.9 cm³/mol. The van der Waals surface area contributed by atoms with Crippen molar-refractivity contribution < 1.29 is 0 Å². The molecule has 1 aromatic rings. The predicted octanol–water partition coefficient (Wildman–Crippen LogP) is 1.23. The molecule has 0 atom stereocenters. The van der Waals surface area contributed by atoms with Crippen LogP contribution in [-0.4, -0.2) is 10.2 Å². The van der Waals surface area contributed by atoms with Crippen molar-refractivity contribution in [2.75, 3.05) is 0 Å². The summed E-state index contributed by atoms with van der Waals surface area (Å²) in [6, 6.07) is 1.94. The van der Waals surface area contributed by atoms with Crippen LogP contribution < -0.4 is 0 Å². The van der Waals surface area contributed by atoms with Crippen LogP contribution in [0.1, 0.15) is 18.9 Å². The Morgan fingerprint density at radius 1 is 1.67 bits per heavy atom. The summed E-state index contributed by atoms with van der Waals surface area (Å²) in [5.74, 6) is 0. The van der Waals surface area contributed by atoms with E-state index in [-0.39, 0.29) is 0 Å². The van der Waals surface area contributed by atoms with Gasteiger partial charge < -0.3 is 0 Å². The van der Waals surface area contributed by atoms with Gasteiger partial charge in [-0.15, -0.1) is 5.10 Å². The molecule has 0 N–H and O–H groups in total. The fourth-order valence-corrected chi connectivity index (χ4v) is 0.696. The highest BCUT2D eigenvalue weighted by Crippen LogP contribution is 1.96. The Labute approximate surface area is 54.9 Å². The Morgan fingerprint density at radius 2 is 2.56 bits per heavy atom. The molecule has 0 aliphatic heterocycles. The maximum atomic E-state index is 3.63. The van der Waals surface area contributed by atoms with E-state index < -0.39 is 0 Å². The van der Waals surface area contributed by atoms with E-state index >= 15 is 0 Å². The molecular formula is C7H9N2. The fraction of sp³-hybridized carbons (Fsp3) is 0.429. The Morgan fingerprint density at radius 3 is 3.11 bits per heavy atom. The first-order valence-electron chi connectivity index (χ1n) is 3.11. The number of nitrogens with zero attached hydrogens (tertiary/aromatic N) is 2. The fourth-order valence-electron chi connectivity index (χ4n) is 0.696. The van der Waals surface area contributed by atoms with Gasteiger partial charge in [-0.25, -0.2) is 0 Å². The molecule has 1 heterocycles. The average Bonchev–Trinajstić information content (AvgIpc) is 1.91. The van der Waals surface area contributed by atoms with E-state index in [4.69, 9.17) is 0 Å². The Bertz CT molecular complexity index is 160. The molecule has 1 radical (unpaired) electrons. The maximum absolute atomic E-state index is 3.63. The van der Waals surface area contributed by atoms with Crippen LogP contribution in [0.15, 0.2) is 12.3 Å². The molecule has 0 spiro atoms. The molecule has 0 bridgehead atoms. The molecule has 0 unspecified atom stereocenters. The van der Waals surface area contributed by atoms with Gasteiger partial charge in [0.25, 0.3) is 0 Å². The molecule has 0 aliphatic rings. The lowest BCUT2D eigenvalue weighted by molar-refractivity contribution is 0.888. The van der Waals surface area contributed by atoms with Crippen molar-refractivity contribution in [3.63, 3.8) is 0 Å². The molecule has 0 amide bonds. The highest BCUT2D eigenvalue weighted by atomic mass is 15.1. The minimum Gasteiger partial charge on any atom is -0.158 e. The zero-order chi connectivity index (χ0) is 6.53. The van der Waals surface area contributed by atoms with Crippen LogP contribution in [0.3, 0.4) is 0 Å². The molecule has 47 valence electrons. The van der Waals surface area contributed by atoms with Crippen molar-refractivity contribution >= 4 is 0 Å². The topological polar surface area (TPSA) is 25.8 Å². The standard InChI is InChI=1S/C7H9N2/c1-2-3-7-4-5-8-9-6-7/h4-5H,2-3H2,1H3. The smallest absolute Gasteiger partial charge is 0.117 e. The van der Waals surface area contributed by atoms with E-state index in [1.54, 1.807) is 6.20 Å². The van der Waals surface area contributed by atoms with Crippen molar-refractivity contribution in [1.29, 1.82) is 0 Å². The molecule has 2 nitrogen and oxygen atoms in total. The van der Waals surface area contributed by atoms with Crippen LogP contribution in [-0.2, 0) is 6.42 Å². The van der Waals surface area contributed by atoms with Gasteiger partial charge in [0.1, 0.15) is 6.20 Å². The summed E-state index contributed by atoms with van der Waals surface area (Å²) < 4.78 is 0. The third kappa shape index (κ3) is 1.80. The van der Waals surface area contributed by atoms with E-state index in [0.717, 1.165) is 18.4 Å². The number of aromatic nitrogens is 2. The third-order valence-electron chi connectivity index (χ3n) is 1.11. The van der Waals surface area contributed by atoms with E-state index in [0.29, 0.717) is 0 Å². The first-order chi connectivity index (χ1) is 4.43. The number of rotatable bonds is 2. The SMILES string of the molecule is CCCc1[c]nncc1. The minimum atomic E-state index is 1.05. The molecule has 0 fully saturated rings. The lowest BCUT2D eigenvalue weighted by atomic mass is 10.2. The summed E-state index contributed by atoms with van der Waals surface area (Å²) in [4.78, 5) is 0. The third-order valence-corrected chi connectivity index (χ3v) is 1.11. The number of hydrogen-bond donors (Lipinski definition) is 0. The van der Waals surface area contributed by atoms with Crippen LogP contribution >= 0.6 is 0 Å². The van der Waals surface area contributed by atoms with Crippen molar-refractivity contribution in [3.05, 3.63) is 24.0 Å². The van der Waals surface area contributed by atoms with Crippen LogP contribution in [0.4, 0.5) is 0 Å². The van der Waals surface area contributed by atoms with Crippen molar-refractivity contribution in [1.82, 2.24) is 10.2 Å². The molecule has 9 heavy (non-hydrogen) atoms. The molecule has 0 aliphatic carbocycles. The van der Waals surface area contributed by atoms with Gasteiger partial charge in [0, 0.05) is 6.20 Å². The van der Waals surface area contributed by atoms with Gasteiger partial charge in [0.05, 0.1) is 0 Å². The monoisotopic (exact) mass is 121 g/mol. The molecule has 0 aromatic carbocycles. The molecule has 2 heteroatoms. The summed E-state index contributed by atoms with van der Waals surface area (Å²) in [6.45, 7) is 2.13. The average molecular weight is 121 g/mol. The van der Waals surface area contributed by atoms with Gasteiger partial charge in [0.2, 0.25) is 0 Å². The largest absolute Gasteiger partial charge is 0.158 e. The quantitative estimate of drug-likeness (QED) is 0.588. The first-order valence-corrected chi connectivity index (χ1v) is 3.11. The van der Waals surface area contributed by atoms with Gasteiger partial charge in [0.15, 0.2) is 0 Å². The molecule has 0 saturated heterocycles. The van der Waals surface area contributed by atoms with Crippen LogP contribution in [0.2, 0.25) is 0 Å². The Hall–Kier alpha value is -0.920. The van der Waals surface area contributed by atoms with E-state index in [1.807, 2.05) is 6.07 Å². The van der Waals surface area contributed by atoms with E-state index in [9.17, 15) is 0 Å². The number of hydrogen-bond acceptors (Lipinski definition) is 2. The second-order valence-corrected chi connectivity index (χ2v) is 1.92. The van der Waals surface area contributed by atoms with Crippen molar-refractivity contribution in [2.24, 2.45) is 0 Å². The molecule has 1 rings (SSSR count). The lowest BCUT2D eigenvalue weighted by Crippen LogP contribution is -1.86. The number of aryl methyl sites for hydroxylation is 1. The minimum absolute atomic E-state index is 1.05. The van der Waals surface area contributed by atoms with Gasteiger partial charge in [-0.1, -0.05) is 13.3 Å². The zero-order valence-electron chi connectivity index (χ0n) is 5.46. The van der Waals surface area contributed by atoms with Gasteiger partial charge in [-0.05, 0) is 18.1 Å². The normalized spacial score (nSPS) is 9.44. The van der Waals surface area contributed by atoms with Gasteiger partial charge in [-0.3, -0.25) is 0 Å². The molecule has 1 aromatic heterocycles. The summed E-state index contributed by atoms with van der Waals surface area (Å²) in [7, 11) is 0. The highest BCUT2D eigenvalue weighted by molar-refractivity contribution is 5.03. The Balaban J connectivity index is 2.61. The van der Waals surface area contributed by atoms with Crippen molar-refractivity contribution in [2.45, 2.75) is 19.8 Å². The van der Waals surface area contributed by atoms with Crippen LogP contribution in [0.25, 0.3) is 0 Å². The second-order valence-electron chi connectivity index (χ2n) is 1.92. The maximum Gasteiger partial charge on any atom is 0.117 e. The van der Waals surface area contributed by atoms with E-state index in [2.05, 4.69) is 23.3 Å². The van der Waals surface area contributed by atoms with Crippen LogP contribution in [0.5, 0.6) is 0 Å². The summed E-state index contributed by atoms with van der Waals surface area (Å²) >= 11 is 0. The van der Waals surface area contributed by atoms with E-state index in [1.165, 1.54) is 0 Å². The molecular weight excluding hydrogens is 112 g/mol. The second kappa shape index (κ2) is 3.17. The lowest BCUT2D eigenvalue weighted by Gasteiger charge is -1.91. The summed E-state index contributed by atoms with van der Waals surface area (Å²) in [6.07, 6.45) is 6.70. The summed E-state index contributed by atoms with van der Waals surface area (Å²) in [5.41, 5.74) is 1.15. The highest BCUT2D eigenvalue weighted by Gasteiger charge is 1.87. The first kappa shape index (κ1) is 6.20. The Kier molecular flexibility index (Phi) is 2.19. The van der Waals surface area contributed by atoms with Crippen molar-refractivity contribution in [3.8, 4) is 0 Å².